The Kier molecular flexibility index (Phi) is 50.6. The number of hydrogen-bond donors (Lipinski definition) is 0. The van der Waals surface area contributed by atoms with Crippen LogP contribution in [0.15, 0.2) is 0 Å². The first-order valence-electron chi connectivity index (χ1n) is 0.535. The molecular formula is H6AlCl2GaZn. The van der Waals surface area contributed by atoms with Gasteiger partial charge in [0, 0.05) is 0 Å². The van der Waals surface area contributed by atoms with Gasteiger partial charge in [0.2, 0.25) is 0 Å². The predicted molar refractivity (Wildman–Crippen MR) is 31.6 cm³/mol. The zero-order valence-electron chi connectivity index (χ0n) is 1.46. The summed E-state index contributed by atoms with van der Waals surface area (Å²) in [5.41, 5.74) is 0. The van der Waals surface area contributed by atoms with E-state index in [-0.39, 0.29) is 37.2 Å². The van der Waals surface area contributed by atoms with Crippen molar-refractivity contribution in [1.29, 1.82) is 0 Å². The number of hydrogen-bond acceptors (Lipinski definition) is 0. The van der Waals surface area contributed by atoms with Crippen molar-refractivity contribution in [3.63, 3.8) is 0 Å². The maximum absolute atomic E-state index is 4.95. The maximum atomic E-state index is 4.95. The summed E-state index contributed by atoms with van der Waals surface area (Å²) in [4.78, 5) is 0. The first-order valence-corrected chi connectivity index (χ1v) is 8.33. The van der Waals surface area contributed by atoms with E-state index in [9.17, 15) is 0 Å². The van der Waals surface area contributed by atoms with Gasteiger partial charge in [-0.2, -0.15) is 0 Å². The monoisotopic (exact) mass is 236 g/mol. The van der Waals surface area contributed by atoms with E-state index in [4.69, 9.17) is 19.4 Å². The molecule has 0 aliphatic heterocycles. The first-order chi connectivity index (χ1) is 1.41. The van der Waals surface area contributed by atoms with Crippen molar-refractivity contribution in [2.75, 3.05) is 0 Å². The minimum atomic E-state index is -0.931. The fourth-order valence-corrected chi connectivity index (χ4v) is 0. The average molecular weight is 239 g/mol. The van der Waals surface area contributed by atoms with Crippen molar-refractivity contribution < 1.29 is 15.1 Å². The van der Waals surface area contributed by atoms with Gasteiger partial charge in [0.15, 0.2) is 17.4 Å². The molecule has 0 nitrogen and oxygen atoms in total. The van der Waals surface area contributed by atoms with Crippen LogP contribution in [0.4, 0.5) is 0 Å². The summed E-state index contributed by atoms with van der Waals surface area (Å²) in [5.74, 6) is 0. The van der Waals surface area contributed by atoms with Gasteiger partial charge in [-0.05, 0) is 0 Å². The molecule has 0 saturated carbocycles. The van der Waals surface area contributed by atoms with Crippen molar-refractivity contribution in [1.82, 2.24) is 0 Å². The van der Waals surface area contributed by atoms with Gasteiger partial charge in [0.25, 0.3) is 0 Å². The Labute approximate surface area is 70.8 Å². The molecule has 0 amide bonds. The quantitative estimate of drug-likeness (QED) is 0.476. The van der Waals surface area contributed by atoms with Crippen LogP contribution in [0.2, 0.25) is 0 Å². The summed E-state index contributed by atoms with van der Waals surface area (Å²) in [7, 11) is 9.90. The SMILES string of the molecule is [AlH3].[Cl][Zn][Cl].[GaH3]. The Morgan fingerprint density at radius 1 is 1.20 bits per heavy atom. The van der Waals surface area contributed by atoms with Crippen molar-refractivity contribution in [3.05, 3.63) is 0 Å². The molecule has 0 rings (SSSR count). The molecule has 0 unspecified atom stereocenters. The predicted octanol–water partition coefficient (Wildman–Crippen LogP) is -0.991. The average Bonchev–Trinajstić information content (AvgIpc) is 0.918. The van der Waals surface area contributed by atoms with E-state index >= 15 is 0 Å². The van der Waals surface area contributed by atoms with E-state index in [0.717, 1.165) is 0 Å². The van der Waals surface area contributed by atoms with Gasteiger partial charge in [-0.3, -0.25) is 0 Å². The van der Waals surface area contributed by atoms with E-state index in [1.807, 2.05) is 0 Å². The van der Waals surface area contributed by atoms with Crippen LogP contribution < -0.4 is 0 Å². The Hall–Kier alpha value is 2.37. The van der Waals surface area contributed by atoms with Crippen molar-refractivity contribution in [2.24, 2.45) is 0 Å². The van der Waals surface area contributed by atoms with Crippen LogP contribution in [0.3, 0.4) is 0 Å². The van der Waals surface area contributed by atoms with Gasteiger partial charge in [0.05, 0.1) is 0 Å². The molecule has 0 bridgehead atoms. The van der Waals surface area contributed by atoms with Crippen LogP contribution >= 0.6 is 19.4 Å². The molecule has 0 N–H and O–H groups in total. The van der Waals surface area contributed by atoms with Crippen LogP contribution in [0, 0.1) is 0 Å². The van der Waals surface area contributed by atoms with Crippen molar-refractivity contribution in [3.8, 4) is 0 Å². The molecule has 0 heterocycles. The topological polar surface area (TPSA) is 0 Å². The van der Waals surface area contributed by atoms with E-state index in [1.54, 1.807) is 0 Å². The molecule has 5 heteroatoms. The van der Waals surface area contributed by atoms with Gasteiger partial charge in [-0.15, -0.1) is 0 Å². The van der Waals surface area contributed by atoms with Gasteiger partial charge < -0.3 is 0 Å². The summed E-state index contributed by atoms with van der Waals surface area (Å²) in [5, 5.41) is 0. The molecule has 5 heavy (non-hydrogen) atoms. The summed E-state index contributed by atoms with van der Waals surface area (Å²) in [6, 6.07) is 0. The van der Waals surface area contributed by atoms with E-state index < -0.39 is 15.1 Å². The molecule has 0 aromatic heterocycles. The molecule has 0 aromatic rings. The van der Waals surface area contributed by atoms with Crippen molar-refractivity contribution in [2.45, 2.75) is 0 Å². The van der Waals surface area contributed by atoms with Crippen molar-refractivity contribution >= 4 is 56.5 Å². The minimum absolute atomic E-state index is 0. The second kappa shape index (κ2) is 16.2. The third kappa shape index (κ3) is 21.6. The molecular weight excluding hydrogens is 233 g/mol. The second-order valence-electron chi connectivity index (χ2n) is 0.101. The molecule has 0 aromatic carbocycles. The van der Waals surface area contributed by atoms with Crippen LogP contribution in [-0.2, 0) is 15.1 Å². The molecule has 0 aliphatic rings. The summed E-state index contributed by atoms with van der Waals surface area (Å²) in [6.07, 6.45) is 0. The normalized spacial score (nSPS) is 2.00. The van der Waals surface area contributed by atoms with Gasteiger partial charge in [0.1, 0.15) is 0 Å². The van der Waals surface area contributed by atoms with Crippen LogP contribution in [0.25, 0.3) is 0 Å². The van der Waals surface area contributed by atoms with E-state index in [1.165, 1.54) is 0 Å². The third-order valence-electron chi connectivity index (χ3n) is 0. The third-order valence-corrected chi connectivity index (χ3v) is 0. The zero-order valence-corrected chi connectivity index (χ0v) is 5.94. The van der Waals surface area contributed by atoms with E-state index in [2.05, 4.69) is 0 Å². The van der Waals surface area contributed by atoms with Crippen LogP contribution in [0.1, 0.15) is 0 Å². The van der Waals surface area contributed by atoms with E-state index in [0.29, 0.717) is 0 Å². The molecule has 0 fully saturated rings. The Morgan fingerprint density at radius 2 is 1.20 bits per heavy atom. The number of halogens is 2. The Balaban J connectivity index is -0.0000000200. The molecule has 0 radical (unpaired) electrons. The van der Waals surface area contributed by atoms with Gasteiger partial charge >= 0.3 is 54.3 Å². The zero-order chi connectivity index (χ0) is 2.71. The summed E-state index contributed by atoms with van der Waals surface area (Å²) in [6.45, 7) is 0. The van der Waals surface area contributed by atoms with Crippen LogP contribution in [0.5, 0.6) is 0 Å². The van der Waals surface area contributed by atoms with Crippen LogP contribution in [-0.4, -0.2) is 37.2 Å². The standard InChI is InChI=1S/Al.2ClH.Ga.Zn.6H/h;2*1H;;;;;;;;/q;;;;+2;;;;;;/p-2. The summed E-state index contributed by atoms with van der Waals surface area (Å²) < 4.78 is 0. The first kappa shape index (κ1) is 15.7. The molecule has 0 saturated heterocycles. The molecule has 0 spiro atoms. The summed E-state index contributed by atoms with van der Waals surface area (Å²) >= 11 is -0.931. The molecule has 0 aliphatic carbocycles. The Morgan fingerprint density at radius 3 is 1.20 bits per heavy atom. The van der Waals surface area contributed by atoms with Gasteiger partial charge in [-0.25, -0.2) is 0 Å². The molecule has 28 valence electrons. The van der Waals surface area contributed by atoms with Gasteiger partial charge in [-0.1, -0.05) is 0 Å². The fraction of sp³-hybridized carbons (Fsp3) is 0. The number of rotatable bonds is 0. The second-order valence-corrected chi connectivity index (χ2v) is 4.72. The fourth-order valence-electron chi connectivity index (χ4n) is 0. The molecule has 0 atom stereocenters. The Bertz CT molecular complexity index is 9.61.